The summed E-state index contributed by atoms with van der Waals surface area (Å²) in [5, 5.41) is 3.43. The molecule has 1 N–H and O–H groups in total. The fourth-order valence-corrected chi connectivity index (χ4v) is 3.32. The van der Waals surface area contributed by atoms with E-state index in [1.807, 2.05) is 0 Å². The van der Waals surface area contributed by atoms with Crippen LogP contribution in [0.25, 0.3) is 0 Å². The normalized spacial score (nSPS) is 14.4. The minimum atomic E-state index is 0.244. The minimum absolute atomic E-state index is 0.244. The maximum absolute atomic E-state index is 12.8. The number of hydrogen-bond donors (Lipinski definition) is 1. The SMILES string of the molecule is CCCCCn1c2c(cc(CNCC(C)C)c1=O)CCCC2. The van der Waals surface area contributed by atoms with E-state index in [-0.39, 0.29) is 5.56 Å². The molecule has 0 amide bonds. The van der Waals surface area contributed by atoms with Crippen molar-refractivity contribution in [2.45, 2.75) is 78.8 Å². The molecule has 0 aromatic carbocycles. The Bertz CT molecular complexity index is 531. The topological polar surface area (TPSA) is 34.0 Å². The van der Waals surface area contributed by atoms with Crippen LogP contribution in [0, 0.1) is 5.92 Å². The van der Waals surface area contributed by atoms with Crippen LogP contribution >= 0.6 is 0 Å². The number of nitrogens with zero attached hydrogens (tertiary/aromatic N) is 1. The summed E-state index contributed by atoms with van der Waals surface area (Å²) in [6.45, 7) is 9.17. The highest BCUT2D eigenvalue weighted by Gasteiger charge is 2.17. The summed E-state index contributed by atoms with van der Waals surface area (Å²) in [5.41, 5.74) is 3.94. The molecule has 3 nitrogen and oxygen atoms in total. The molecule has 1 heterocycles. The van der Waals surface area contributed by atoms with Gasteiger partial charge in [0.25, 0.3) is 5.56 Å². The molecule has 0 saturated carbocycles. The first kappa shape index (κ1) is 17.3. The van der Waals surface area contributed by atoms with Crippen LogP contribution in [-0.2, 0) is 25.9 Å². The van der Waals surface area contributed by atoms with Gasteiger partial charge in [0, 0.05) is 24.3 Å². The molecule has 3 heteroatoms. The average Bonchev–Trinajstić information content (AvgIpc) is 2.50. The third-order valence-electron chi connectivity index (χ3n) is 4.53. The van der Waals surface area contributed by atoms with E-state index in [1.54, 1.807) is 0 Å². The van der Waals surface area contributed by atoms with Gasteiger partial charge in [-0.3, -0.25) is 4.79 Å². The lowest BCUT2D eigenvalue weighted by Crippen LogP contribution is -2.32. The Morgan fingerprint density at radius 3 is 2.73 bits per heavy atom. The van der Waals surface area contributed by atoms with Gasteiger partial charge in [0.05, 0.1) is 0 Å². The third kappa shape index (κ3) is 4.45. The van der Waals surface area contributed by atoms with Crippen molar-refractivity contribution in [3.05, 3.63) is 33.2 Å². The zero-order valence-corrected chi connectivity index (χ0v) is 14.6. The summed E-state index contributed by atoms with van der Waals surface area (Å²) in [5.74, 6) is 0.615. The fourth-order valence-electron chi connectivity index (χ4n) is 3.32. The van der Waals surface area contributed by atoms with Crippen LogP contribution in [0.1, 0.15) is 69.7 Å². The van der Waals surface area contributed by atoms with E-state index in [1.165, 1.54) is 36.9 Å². The van der Waals surface area contributed by atoms with Crippen molar-refractivity contribution in [3.8, 4) is 0 Å². The Kier molecular flexibility index (Phi) is 6.69. The predicted octanol–water partition coefficient (Wildman–Crippen LogP) is 3.66. The maximum atomic E-state index is 12.8. The molecule has 2 rings (SSSR count). The van der Waals surface area contributed by atoms with Crippen LogP contribution in [0.15, 0.2) is 10.9 Å². The number of aromatic nitrogens is 1. The van der Waals surface area contributed by atoms with Gasteiger partial charge in [-0.25, -0.2) is 0 Å². The van der Waals surface area contributed by atoms with E-state index in [2.05, 4.69) is 36.7 Å². The standard InChI is InChI=1S/C19H32N2O/c1-4-5-8-11-21-18-10-7-6-9-16(18)12-17(19(21)22)14-20-13-15(2)3/h12,15,20H,4-11,13-14H2,1-3H3. The summed E-state index contributed by atoms with van der Waals surface area (Å²) < 4.78 is 2.09. The van der Waals surface area contributed by atoms with E-state index in [0.29, 0.717) is 12.5 Å². The van der Waals surface area contributed by atoms with Gasteiger partial charge in [-0.05, 0) is 56.2 Å². The second-order valence-corrected chi connectivity index (χ2v) is 7.04. The van der Waals surface area contributed by atoms with Crippen LogP contribution in [-0.4, -0.2) is 11.1 Å². The molecule has 0 fully saturated rings. The van der Waals surface area contributed by atoms with E-state index in [0.717, 1.165) is 37.9 Å². The van der Waals surface area contributed by atoms with Gasteiger partial charge in [-0.1, -0.05) is 33.6 Å². The monoisotopic (exact) mass is 304 g/mol. The number of hydrogen-bond acceptors (Lipinski definition) is 2. The van der Waals surface area contributed by atoms with Crippen molar-refractivity contribution in [3.63, 3.8) is 0 Å². The quantitative estimate of drug-likeness (QED) is 0.744. The molecule has 0 aliphatic heterocycles. The molecule has 0 radical (unpaired) electrons. The first-order valence-electron chi connectivity index (χ1n) is 9.08. The Labute approximate surface area is 135 Å². The van der Waals surface area contributed by atoms with E-state index >= 15 is 0 Å². The number of pyridine rings is 1. The van der Waals surface area contributed by atoms with Crippen LogP contribution in [0.3, 0.4) is 0 Å². The van der Waals surface area contributed by atoms with Gasteiger partial charge in [-0.15, -0.1) is 0 Å². The highest BCUT2D eigenvalue weighted by Crippen LogP contribution is 2.21. The van der Waals surface area contributed by atoms with Crippen LogP contribution in [0.4, 0.5) is 0 Å². The summed E-state index contributed by atoms with van der Waals surface area (Å²) >= 11 is 0. The Hall–Kier alpha value is -1.09. The molecule has 1 aliphatic carbocycles. The lowest BCUT2D eigenvalue weighted by Gasteiger charge is -2.23. The summed E-state index contributed by atoms with van der Waals surface area (Å²) in [6, 6.07) is 2.18. The van der Waals surface area contributed by atoms with Crippen molar-refractivity contribution < 1.29 is 0 Å². The first-order chi connectivity index (χ1) is 10.6. The lowest BCUT2D eigenvalue weighted by molar-refractivity contribution is 0.520. The molecule has 0 bridgehead atoms. The smallest absolute Gasteiger partial charge is 0.255 e. The molecule has 1 aromatic rings. The fraction of sp³-hybridized carbons (Fsp3) is 0.737. The molecule has 1 aromatic heterocycles. The molecule has 1 aliphatic rings. The van der Waals surface area contributed by atoms with Crippen molar-refractivity contribution in [2.75, 3.05) is 6.54 Å². The summed E-state index contributed by atoms with van der Waals surface area (Å²) in [6.07, 6.45) is 8.23. The zero-order chi connectivity index (χ0) is 15.9. The second kappa shape index (κ2) is 8.52. The van der Waals surface area contributed by atoms with Gasteiger partial charge >= 0.3 is 0 Å². The van der Waals surface area contributed by atoms with Gasteiger partial charge in [-0.2, -0.15) is 0 Å². The van der Waals surface area contributed by atoms with Crippen LogP contribution in [0.5, 0.6) is 0 Å². The van der Waals surface area contributed by atoms with E-state index < -0.39 is 0 Å². The van der Waals surface area contributed by atoms with E-state index in [9.17, 15) is 4.79 Å². The highest BCUT2D eigenvalue weighted by molar-refractivity contribution is 5.29. The van der Waals surface area contributed by atoms with Crippen molar-refractivity contribution >= 4 is 0 Å². The Morgan fingerprint density at radius 1 is 1.23 bits per heavy atom. The Balaban J connectivity index is 2.22. The lowest BCUT2D eigenvalue weighted by atomic mass is 9.94. The Morgan fingerprint density at radius 2 is 2.00 bits per heavy atom. The summed E-state index contributed by atoms with van der Waals surface area (Å²) in [7, 11) is 0. The highest BCUT2D eigenvalue weighted by atomic mass is 16.1. The number of aryl methyl sites for hydroxylation is 1. The number of fused-ring (bicyclic) bond motifs is 1. The molecule has 0 spiro atoms. The van der Waals surface area contributed by atoms with Crippen molar-refractivity contribution in [1.29, 1.82) is 0 Å². The van der Waals surface area contributed by atoms with Crippen molar-refractivity contribution in [1.82, 2.24) is 9.88 Å². The molecule has 0 saturated heterocycles. The number of rotatable bonds is 8. The molecule has 22 heavy (non-hydrogen) atoms. The van der Waals surface area contributed by atoms with Gasteiger partial charge in [0.15, 0.2) is 0 Å². The molecule has 124 valence electrons. The predicted molar refractivity (Wildman–Crippen MR) is 93.4 cm³/mol. The second-order valence-electron chi connectivity index (χ2n) is 7.04. The molecular formula is C19H32N2O. The number of nitrogens with one attached hydrogen (secondary N) is 1. The van der Waals surface area contributed by atoms with Gasteiger partial charge in [0.1, 0.15) is 0 Å². The molecule has 0 atom stereocenters. The van der Waals surface area contributed by atoms with Crippen LogP contribution in [0.2, 0.25) is 0 Å². The zero-order valence-electron chi connectivity index (χ0n) is 14.6. The van der Waals surface area contributed by atoms with Gasteiger partial charge < -0.3 is 9.88 Å². The third-order valence-corrected chi connectivity index (χ3v) is 4.53. The molecule has 0 unspecified atom stereocenters. The van der Waals surface area contributed by atoms with E-state index in [4.69, 9.17) is 0 Å². The first-order valence-corrected chi connectivity index (χ1v) is 9.08. The minimum Gasteiger partial charge on any atom is -0.312 e. The largest absolute Gasteiger partial charge is 0.312 e. The maximum Gasteiger partial charge on any atom is 0.255 e. The van der Waals surface area contributed by atoms with Crippen LogP contribution < -0.4 is 10.9 Å². The molecular weight excluding hydrogens is 272 g/mol. The number of unbranched alkanes of at least 4 members (excludes halogenated alkanes) is 2. The van der Waals surface area contributed by atoms with Gasteiger partial charge in [0.2, 0.25) is 0 Å². The summed E-state index contributed by atoms with van der Waals surface area (Å²) in [4.78, 5) is 12.8. The van der Waals surface area contributed by atoms with Crippen molar-refractivity contribution in [2.24, 2.45) is 5.92 Å². The average molecular weight is 304 g/mol.